The lowest BCUT2D eigenvalue weighted by Gasteiger charge is -2.31. The SMILES string of the molecule is Cc1ccccc1S(=O)(=O)N1CCOC(CN)C1. The Morgan fingerprint density at radius 1 is 1.44 bits per heavy atom. The highest BCUT2D eigenvalue weighted by atomic mass is 32.2. The molecular formula is C12H18N2O3S. The largest absolute Gasteiger partial charge is 0.374 e. The Hall–Kier alpha value is -0.950. The first-order valence-corrected chi connectivity index (χ1v) is 7.37. The van der Waals surface area contributed by atoms with Crippen molar-refractivity contribution in [2.75, 3.05) is 26.2 Å². The molecule has 0 aliphatic carbocycles. The van der Waals surface area contributed by atoms with Crippen molar-refractivity contribution >= 4 is 10.0 Å². The lowest BCUT2D eigenvalue weighted by atomic mass is 10.2. The minimum absolute atomic E-state index is 0.211. The van der Waals surface area contributed by atoms with Gasteiger partial charge < -0.3 is 10.5 Å². The van der Waals surface area contributed by atoms with Crippen molar-refractivity contribution in [2.24, 2.45) is 5.73 Å². The highest BCUT2D eigenvalue weighted by Gasteiger charge is 2.30. The van der Waals surface area contributed by atoms with Crippen LogP contribution in [0.3, 0.4) is 0 Å². The van der Waals surface area contributed by atoms with Gasteiger partial charge in [0, 0.05) is 19.6 Å². The van der Waals surface area contributed by atoms with E-state index in [1.807, 2.05) is 6.07 Å². The summed E-state index contributed by atoms with van der Waals surface area (Å²) >= 11 is 0. The van der Waals surface area contributed by atoms with Crippen LogP contribution in [0.1, 0.15) is 5.56 Å². The first kappa shape index (κ1) is 13.5. The minimum atomic E-state index is -3.44. The number of aryl methyl sites for hydroxylation is 1. The minimum Gasteiger partial charge on any atom is -0.374 e. The summed E-state index contributed by atoms with van der Waals surface area (Å²) in [4.78, 5) is 0.364. The molecule has 1 atom stereocenters. The van der Waals surface area contributed by atoms with Gasteiger partial charge in [0.1, 0.15) is 0 Å². The first-order chi connectivity index (χ1) is 8.55. The molecule has 2 N–H and O–H groups in total. The van der Waals surface area contributed by atoms with Crippen LogP contribution < -0.4 is 5.73 Å². The van der Waals surface area contributed by atoms with Crippen LogP contribution in [0.15, 0.2) is 29.2 Å². The average Bonchev–Trinajstić information content (AvgIpc) is 2.39. The fraction of sp³-hybridized carbons (Fsp3) is 0.500. The molecule has 0 spiro atoms. The summed E-state index contributed by atoms with van der Waals surface area (Å²) in [5.74, 6) is 0. The van der Waals surface area contributed by atoms with Gasteiger partial charge in [-0.15, -0.1) is 0 Å². The maximum Gasteiger partial charge on any atom is 0.243 e. The quantitative estimate of drug-likeness (QED) is 0.860. The van der Waals surface area contributed by atoms with E-state index in [0.717, 1.165) is 5.56 Å². The van der Waals surface area contributed by atoms with E-state index in [2.05, 4.69) is 0 Å². The second kappa shape index (κ2) is 5.36. The molecule has 1 aromatic rings. The Morgan fingerprint density at radius 2 is 2.17 bits per heavy atom. The molecule has 100 valence electrons. The molecule has 1 saturated heterocycles. The summed E-state index contributed by atoms with van der Waals surface area (Å²) in [6, 6.07) is 7.00. The van der Waals surface area contributed by atoms with E-state index >= 15 is 0 Å². The molecule has 1 aliphatic rings. The summed E-state index contributed by atoms with van der Waals surface area (Å²) in [6.07, 6.45) is -0.211. The number of ether oxygens (including phenoxy) is 1. The molecule has 0 radical (unpaired) electrons. The number of hydrogen-bond donors (Lipinski definition) is 1. The van der Waals surface area contributed by atoms with Gasteiger partial charge in [0.2, 0.25) is 10.0 Å². The van der Waals surface area contributed by atoms with Crippen LogP contribution in [-0.4, -0.2) is 45.1 Å². The van der Waals surface area contributed by atoms with Crippen molar-refractivity contribution in [1.82, 2.24) is 4.31 Å². The van der Waals surface area contributed by atoms with E-state index in [4.69, 9.17) is 10.5 Å². The summed E-state index contributed by atoms with van der Waals surface area (Å²) in [6.45, 7) is 3.24. The molecular weight excluding hydrogens is 252 g/mol. The van der Waals surface area contributed by atoms with E-state index in [1.54, 1.807) is 25.1 Å². The highest BCUT2D eigenvalue weighted by Crippen LogP contribution is 2.21. The highest BCUT2D eigenvalue weighted by molar-refractivity contribution is 7.89. The third-order valence-electron chi connectivity index (χ3n) is 3.08. The lowest BCUT2D eigenvalue weighted by Crippen LogP contribution is -2.48. The summed E-state index contributed by atoms with van der Waals surface area (Å²) < 4.78 is 31.8. The van der Waals surface area contributed by atoms with E-state index in [9.17, 15) is 8.42 Å². The Bertz CT molecular complexity index is 516. The number of nitrogens with two attached hydrogens (primary N) is 1. The molecule has 0 bridgehead atoms. The predicted molar refractivity (Wildman–Crippen MR) is 68.7 cm³/mol. The molecule has 1 aliphatic heterocycles. The van der Waals surface area contributed by atoms with Crippen LogP contribution in [0.2, 0.25) is 0 Å². The van der Waals surface area contributed by atoms with Crippen LogP contribution >= 0.6 is 0 Å². The Kier molecular flexibility index (Phi) is 4.01. The molecule has 0 saturated carbocycles. The van der Waals surface area contributed by atoms with E-state index in [0.29, 0.717) is 31.1 Å². The number of morpholine rings is 1. The van der Waals surface area contributed by atoms with Crippen LogP contribution in [0.25, 0.3) is 0 Å². The molecule has 0 amide bonds. The normalized spacial score (nSPS) is 22.0. The monoisotopic (exact) mass is 270 g/mol. The van der Waals surface area contributed by atoms with Gasteiger partial charge in [-0.2, -0.15) is 4.31 Å². The van der Waals surface area contributed by atoms with Crippen LogP contribution in [0, 0.1) is 6.92 Å². The second-order valence-corrected chi connectivity index (χ2v) is 6.26. The third kappa shape index (κ3) is 2.56. The van der Waals surface area contributed by atoms with Crippen molar-refractivity contribution in [2.45, 2.75) is 17.9 Å². The Balaban J connectivity index is 2.29. The summed E-state index contributed by atoms with van der Waals surface area (Å²) in [7, 11) is -3.44. The molecule has 18 heavy (non-hydrogen) atoms. The third-order valence-corrected chi connectivity index (χ3v) is 5.10. The van der Waals surface area contributed by atoms with Crippen molar-refractivity contribution < 1.29 is 13.2 Å². The maximum absolute atomic E-state index is 12.5. The molecule has 1 fully saturated rings. The molecule has 5 nitrogen and oxygen atoms in total. The number of benzene rings is 1. The number of sulfonamides is 1. The van der Waals surface area contributed by atoms with E-state index in [1.165, 1.54) is 4.31 Å². The zero-order valence-electron chi connectivity index (χ0n) is 10.4. The van der Waals surface area contributed by atoms with Gasteiger partial charge in [0.15, 0.2) is 0 Å². The fourth-order valence-corrected chi connectivity index (χ4v) is 3.72. The molecule has 0 aromatic heterocycles. The van der Waals surface area contributed by atoms with Crippen molar-refractivity contribution in [3.8, 4) is 0 Å². The van der Waals surface area contributed by atoms with E-state index in [-0.39, 0.29) is 6.10 Å². The number of rotatable bonds is 3. The fourth-order valence-electron chi connectivity index (χ4n) is 2.04. The smallest absolute Gasteiger partial charge is 0.243 e. The second-order valence-electron chi connectivity index (χ2n) is 4.36. The zero-order valence-corrected chi connectivity index (χ0v) is 11.2. The van der Waals surface area contributed by atoms with Gasteiger partial charge in [-0.3, -0.25) is 0 Å². The van der Waals surface area contributed by atoms with E-state index < -0.39 is 10.0 Å². The summed E-state index contributed by atoms with van der Waals surface area (Å²) in [5, 5.41) is 0. The molecule has 1 unspecified atom stereocenters. The topological polar surface area (TPSA) is 72.6 Å². The van der Waals surface area contributed by atoms with Crippen molar-refractivity contribution in [3.63, 3.8) is 0 Å². The lowest BCUT2D eigenvalue weighted by molar-refractivity contribution is 0.00449. The first-order valence-electron chi connectivity index (χ1n) is 5.93. The van der Waals surface area contributed by atoms with Crippen molar-refractivity contribution in [1.29, 1.82) is 0 Å². The Morgan fingerprint density at radius 3 is 2.83 bits per heavy atom. The van der Waals surface area contributed by atoms with Crippen LogP contribution in [-0.2, 0) is 14.8 Å². The van der Waals surface area contributed by atoms with Gasteiger partial charge in [0.25, 0.3) is 0 Å². The molecule has 1 aromatic carbocycles. The summed E-state index contributed by atoms with van der Waals surface area (Å²) in [5.41, 5.74) is 6.29. The number of nitrogens with zero attached hydrogens (tertiary/aromatic N) is 1. The van der Waals surface area contributed by atoms with Gasteiger partial charge in [-0.25, -0.2) is 8.42 Å². The number of hydrogen-bond acceptors (Lipinski definition) is 4. The van der Waals surface area contributed by atoms with Crippen LogP contribution in [0.4, 0.5) is 0 Å². The van der Waals surface area contributed by atoms with Gasteiger partial charge in [0.05, 0.1) is 17.6 Å². The van der Waals surface area contributed by atoms with Gasteiger partial charge in [-0.1, -0.05) is 18.2 Å². The van der Waals surface area contributed by atoms with Gasteiger partial charge >= 0.3 is 0 Å². The maximum atomic E-state index is 12.5. The standard InChI is InChI=1S/C12H18N2O3S/c1-10-4-2-3-5-12(10)18(15,16)14-6-7-17-11(8-13)9-14/h2-5,11H,6-9,13H2,1H3. The average molecular weight is 270 g/mol. The van der Waals surface area contributed by atoms with Crippen molar-refractivity contribution in [3.05, 3.63) is 29.8 Å². The van der Waals surface area contributed by atoms with Gasteiger partial charge in [-0.05, 0) is 18.6 Å². The Labute approximate surface area is 108 Å². The zero-order chi connectivity index (χ0) is 13.2. The van der Waals surface area contributed by atoms with Crippen LogP contribution in [0.5, 0.6) is 0 Å². The molecule has 2 rings (SSSR count). The predicted octanol–water partition coefficient (Wildman–Crippen LogP) is 0.343. The molecule has 6 heteroatoms. The molecule has 1 heterocycles.